The average Bonchev–Trinajstić information content (AvgIpc) is 2.45. The van der Waals surface area contributed by atoms with Gasteiger partial charge in [-0.05, 0) is 12.1 Å². The molecule has 0 radical (unpaired) electrons. The second kappa shape index (κ2) is 4.86. The number of hydrogen-bond acceptors (Lipinski definition) is 5. The molecule has 2 saturated heterocycles. The molecule has 3 heterocycles. The largest absolute Gasteiger partial charge is 0.377 e. The van der Waals surface area contributed by atoms with Crippen LogP contribution in [0, 0.1) is 5.82 Å². The van der Waals surface area contributed by atoms with Gasteiger partial charge in [0.1, 0.15) is 5.52 Å². The number of rotatable bonds is 1. The summed E-state index contributed by atoms with van der Waals surface area (Å²) < 4.78 is 20.1. The van der Waals surface area contributed by atoms with E-state index < -0.39 is 0 Å². The molecule has 2 aliphatic rings. The van der Waals surface area contributed by atoms with Crippen molar-refractivity contribution in [1.29, 1.82) is 0 Å². The van der Waals surface area contributed by atoms with Crippen LogP contribution in [-0.4, -0.2) is 48.4 Å². The Morgan fingerprint density at radius 3 is 3.00 bits per heavy atom. The zero-order valence-corrected chi connectivity index (χ0v) is 12.9. The van der Waals surface area contributed by atoms with Crippen molar-refractivity contribution in [2.24, 2.45) is 0 Å². The van der Waals surface area contributed by atoms with Crippen molar-refractivity contribution < 1.29 is 9.13 Å². The summed E-state index contributed by atoms with van der Waals surface area (Å²) in [4.78, 5) is 10.9. The van der Waals surface area contributed by atoms with Crippen molar-refractivity contribution in [3.63, 3.8) is 0 Å². The molecule has 2 aromatic rings. The number of nitrogens with one attached hydrogen (secondary N) is 1. The van der Waals surface area contributed by atoms with Crippen molar-refractivity contribution in [3.05, 3.63) is 28.6 Å². The SMILES string of the molecule is Fc1cc(Br)cc2cnc(N3CCNC4(COC4)C3)nc12. The van der Waals surface area contributed by atoms with Crippen LogP contribution in [0.4, 0.5) is 10.3 Å². The van der Waals surface area contributed by atoms with Gasteiger partial charge in [0.2, 0.25) is 5.95 Å². The molecule has 5 nitrogen and oxygen atoms in total. The third-order valence-corrected chi connectivity index (χ3v) is 4.46. The molecule has 110 valence electrons. The van der Waals surface area contributed by atoms with Gasteiger partial charge in [0, 0.05) is 35.7 Å². The van der Waals surface area contributed by atoms with Gasteiger partial charge in [-0.25, -0.2) is 14.4 Å². The summed E-state index contributed by atoms with van der Waals surface area (Å²) >= 11 is 3.28. The molecule has 2 fully saturated rings. The van der Waals surface area contributed by atoms with Crippen LogP contribution in [-0.2, 0) is 4.74 Å². The average molecular weight is 353 g/mol. The highest BCUT2D eigenvalue weighted by Crippen LogP contribution is 2.26. The van der Waals surface area contributed by atoms with Crippen molar-refractivity contribution in [1.82, 2.24) is 15.3 Å². The third kappa shape index (κ3) is 2.29. The van der Waals surface area contributed by atoms with Crippen LogP contribution in [0.15, 0.2) is 22.8 Å². The van der Waals surface area contributed by atoms with Crippen LogP contribution < -0.4 is 10.2 Å². The molecule has 0 aliphatic carbocycles. The molecular formula is C14H14BrFN4O. The maximum absolute atomic E-state index is 14.1. The second-order valence-electron chi connectivity index (χ2n) is 5.62. The topological polar surface area (TPSA) is 50.3 Å². The van der Waals surface area contributed by atoms with Gasteiger partial charge in [-0.3, -0.25) is 0 Å². The zero-order chi connectivity index (χ0) is 14.4. The normalized spacial score (nSPS) is 20.8. The van der Waals surface area contributed by atoms with Crippen LogP contribution in [0.2, 0.25) is 0 Å². The summed E-state index contributed by atoms with van der Waals surface area (Å²) in [5, 5.41) is 4.18. The number of fused-ring (bicyclic) bond motifs is 1. The minimum Gasteiger partial charge on any atom is -0.377 e. The predicted molar refractivity (Wildman–Crippen MR) is 81.0 cm³/mol. The standard InChI is InChI=1S/C14H14BrFN4O/c15-10-3-9-5-17-13(19-12(9)11(16)4-10)20-2-1-18-14(6-20)7-21-8-14/h3-5,18H,1-2,6-8H2. The van der Waals surface area contributed by atoms with E-state index in [-0.39, 0.29) is 11.4 Å². The summed E-state index contributed by atoms with van der Waals surface area (Å²) in [7, 11) is 0. The Morgan fingerprint density at radius 1 is 1.38 bits per heavy atom. The van der Waals surface area contributed by atoms with E-state index in [0.29, 0.717) is 34.5 Å². The van der Waals surface area contributed by atoms with Crippen LogP contribution in [0.5, 0.6) is 0 Å². The number of anilines is 1. The Morgan fingerprint density at radius 2 is 2.24 bits per heavy atom. The van der Waals surface area contributed by atoms with Crippen LogP contribution in [0.3, 0.4) is 0 Å². The van der Waals surface area contributed by atoms with E-state index in [4.69, 9.17) is 4.74 Å². The van der Waals surface area contributed by atoms with Crippen LogP contribution in [0.1, 0.15) is 0 Å². The van der Waals surface area contributed by atoms with E-state index in [1.165, 1.54) is 6.07 Å². The summed E-state index contributed by atoms with van der Waals surface area (Å²) in [6.07, 6.45) is 1.68. The molecule has 7 heteroatoms. The molecule has 0 saturated carbocycles. The molecule has 0 bridgehead atoms. The van der Waals surface area contributed by atoms with Crippen LogP contribution in [0.25, 0.3) is 10.9 Å². The Labute approximate surface area is 129 Å². The smallest absolute Gasteiger partial charge is 0.226 e. The molecule has 4 rings (SSSR count). The molecule has 1 aromatic carbocycles. The first-order valence-electron chi connectivity index (χ1n) is 6.85. The molecule has 21 heavy (non-hydrogen) atoms. The van der Waals surface area contributed by atoms with Crippen molar-refractivity contribution in [2.75, 3.05) is 37.7 Å². The Hall–Kier alpha value is -1.31. The van der Waals surface area contributed by atoms with Crippen molar-refractivity contribution in [3.8, 4) is 0 Å². The lowest BCUT2D eigenvalue weighted by Crippen LogP contribution is -2.70. The Bertz CT molecular complexity index is 707. The monoisotopic (exact) mass is 352 g/mol. The minimum absolute atomic E-state index is 0.00876. The Balaban J connectivity index is 1.70. The molecule has 0 unspecified atom stereocenters. The van der Waals surface area contributed by atoms with Gasteiger partial charge in [0.05, 0.1) is 18.8 Å². The predicted octanol–water partition coefficient (Wildman–Crippen LogP) is 1.71. The van der Waals surface area contributed by atoms with Gasteiger partial charge in [-0.2, -0.15) is 0 Å². The number of ether oxygens (including phenoxy) is 1. The number of halogens is 2. The number of piperazine rings is 1. The molecule has 1 N–H and O–H groups in total. The number of benzene rings is 1. The maximum Gasteiger partial charge on any atom is 0.226 e. The van der Waals surface area contributed by atoms with E-state index >= 15 is 0 Å². The molecule has 1 aromatic heterocycles. The molecular weight excluding hydrogens is 339 g/mol. The maximum atomic E-state index is 14.1. The lowest BCUT2D eigenvalue weighted by atomic mass is 9.95. The van der Waals surface area contributed by atoms with Gasteiger partial charge >= 0.3 is 0 Å². The number of hydrogen-bond donors (Lipinski definition) is 1. The minimum atomic E-state index is -0.333. The van der Waals surface area contributed by atoms with Crippen molar-refractivity contribution >= 4 is 32.8 Å². The third-order valence-electron chi connectivity index (χ3n) is 4.00. The first-order chi connectivity index (χ1) is 10.2. The van der Waals surface area contributed by atoms with Gasteiger partial charge in [0.25, 0.3) is 0 Å². The fourth-order valence-electron chi connectivity index (χ4n) is 2.88. The van der Waals surface area contributed by atoms with Gasteiger partial charge in [0.15, 0.2) is 5.82 Å². The number of aromatic nitrogens is 2. The van der Waals surface area contributed by atoms with Gasteiger partial charge < -0.3 is 15.0 Å². The fraction of sp³-hybridized carbons (Fsp3) is 0.429. The zero-order valence-electron chi connectivity index (χ0n) is 11.3. The fourth-order valence-corrected chi connectivity index (χ4v) is 3.33. The van der Waals surface area contributed by atoms with Crippen molar-refractivity contribution in [2.45, 2.75) is 5.54 Å². The first-order valence-corrected chi connectivity index (χ1v) is 7.64. The lowest BCUT2D eigenvalue weighted by Gasteiger charge is -2.48. The highest BCUT2D eigenvalue weighted by molar-refractivity contribution is 9.10. The van der Waals surface area contributed by atoms with E-state index in [0.717, 1.165) is 19.6 Å². The van der Waals surface area contributed by atoms with E-state index in [2.05, 4.69) is 36.1 Å². The highest BCUT2D eigenvalue weighted by atomic mass is 79.9. The Kier molecular flexibility index (Phi) is 3.09. The van der Waals surface area contributed by atoms with Crippen LogP contribution >= 0.6 is 15.9 Å². The highest BCUT2D eigenvalue weighted by Gasteiger charge is 2.42. The summed E-state index contributed by atoms with van der Waals surface area (Å²) in [5.41, 5.74) is 0.370. The lowest BCUT2D eigenvalue weighted by molar-refractivity contribution is -0.0744. The summed E-state index contributed by atoms with van der Waals surface area (Å²) in [5.74, 6) is 0.247. The molecule has 0 amide bonds. The summed E-state index contributed by atoms with van der Waals surface area (Å²) in [6, 6.07) is 3.25. The van der Waals surface area contributed by atoms with E-state index in [1.807, 2.05) is 6.07 Å². The number of nitrogens with zero attached hydrogens (tertiary/aromatic N) is 3. The quantitative estimate of drug-likeness (QED) is 0.846. The second-order valence-corrected chi connectivity index (χ2v) is 6.53. The van der Waals surface area contributed by atoms with Gasteiger partial charge in [-0.15, -0.1) is 0 Å². The van der Waals surface area contributed by atoms with Gasteiger partial charge in [-0.1, -0.05) is 15.9 Å². The first kappa shape index (κ1) is 13.4. The molecule has 1 spiro atoms. The van der Waals surface area contributed by atoms with E-state index in [9.17, 15) is 4.39 Å². The summed E-state index contributed by atoms with van der Waals surface area (Å²) in [6.45, 7) is 3.87. The molecule has 2 aliphatic heterocycles. The molecule has 0 atom stereocenters. The van der Waals surface area contributed by atoms with E-state index in [1.54, 1.807) is 6.20 Å².